The Morgan fingerprint density at radius 3 is 2.33 bits per heavy atom. The minimum Gasteiger partial charge on any atom is -0.340 e. The van der Waals surface area contributed by atoms with Gasteiger partial charge in [0, 0.05) is 58.8 Å². The zero-order chi connectivity index (χ0) is 15.6. The molecule has 1 amide bonds. The molecule has 0 spiro atoms. The standard InChI is InChI=1S/C13H26N4O3S/c1-11-9-15(7-8-21(14,19)20)10-13(11)17-5-3-16(4-6-17)12(2)18/h11,13H,3-10H2,1-2H3,(H2,14,19,20)/t11-,13+/m1/s1. The quantitative estimate of drug-likeness (QED) is 0.700. The van der Waals surface area contributed by atoms with Crippen molar-refractivity contribution >= 4 is 15.9 Å². The van der Waals surface area contributed by atoms with Crippen LogP contribution in [0.4, 0.5) is 0 Å². The van der Waals surface area contributed by atoms with Crippen LogP contribution in [0.2, 0.25) is 0 Å². The van der Waals surface area contributed by atoms with Crippen LogP contribution < -0.4 is 5.14 Å². The first-order valence-electron chi connectivity index (χ1n) is 7.48. The fourth-order valence-corrected chi connectivity index (χ4v) is 3.84. The summed E-state index contributed by atoms with van der Waals surface area (Å²) in [5.74, 6) is 0.670. The molecule has 7 nitrogen and oxygen atoms in total. The number of nitrogens with two attached hydrogens (primary N) is 1. The third kappa shape index (κ3) is 4.64. The average Bonchev–Trinajstić information content (AvgIpc) is 2.77. The topological polar surface area (TPSA) is 86.9 Å². The van der Waals surface area contributed by atoms with Crippen LogP contribution in [0.5, 0.6) is 0 Å². The first-order chi connectivity index (χ1) is 9.76. The predicted octanol–water partition coefficient (Wildman–Crippen LogP) is -1.24. The molecule has 0 bridgehead atoms. The summed E-state index contributed by atoms with van der Waals surface area (Å²) in [6.45, 7) is 9.50. The van der Waals surface area contributed by atoms with Crippen molar-refractivity contribution in [2.24, 2.45) is 11.1 Å². The smallest absolute Gasteiger partial charge is 0.219 e. The van der Waals surface area contributed by atoms with Gasteiger partial charge in [-0.15, -0.1) is 0 Å². The van der Waals surface area contributed by atoms with E-state index in [0.717, 1.165) is 39.3 Å². The second-order valence-corrected chi connectivity index (χ2v) is 7.95. The van der Waals surface area contributed by atoms with Gasteiger partial charge in [0.05, 0.1) is 5.75 Å². The van der Waals surface area contributed by atoms with Crippen LogP contribution in [-0.2, 0) is 14.8 Å². The van der Waals surface area contributed by atoms with Gasteiger partial charge in [-0.3, -0.25) is 9.69 Å². The van der Waals surface area contributed by atoms with E-state index in [1.54, 1.807) is 6.92 Å². The van der Waals surface area contributed by atoms with Crippen LogP contribution in [-0.4, -0.2) is 86.6 Å². The minimum atomic E-state index is -3.39. The molecule has 2 aliphatic heterocycles. The van der Waals surface area contributed by atoms with Gasteiger partial charge in [0.25, 0.3) is 0 Å². The van der Waals surface area contributed by atoms with E-state index in [9.17, 15) is 13.2 Å². The normalized spacial score (nSPS) is 29.0. The van der Waals surface area contributed by atoms with Crippen molar-refractivity contribution in [2.75, 3.05) is 51.6 Å². The predicted molar refractivity (Wildman–Crippen MR) is 81.2 cm³/mol. The zero-order valence-electron chi connectivity index (χ0n) is 12.9. The number of amides is 1. The van der Waals surface area contributed by atoms with Gasteiger partial charge >= 0.3 is 0 Å². The van der Waals surface area contributed by atoms with Crippen LogP contribution in [0, 0.1) is 5.92 Å². The number of piperazine rings is 1. The maximum atomic E-state index is 11.4. The molecule has 0 unspecified atom stereocenters. The molecule has 0 aromatic rings. The molecule has 2 rings (SSSR count). The summed E-state index contributed by atoms with van der Waals surface area (Å²) in [6, 6.07) is 0.444. The highest BCUT2D eigenvalue weighted by atomic mass is 32.2. The molecule has 8 heteroatoms. The van der Waals surface area contributed by atoms with Crippen LogP contribution in [0.25, 0.3) is 0 Å². The van der Waals surface area contributed by atoms with Crippen LogP contribution in [0.1, 0.15) is 13.8 Å². The maximum Gasteiger partial charge on any atom is 0.219 e. The summed E-state index contributed by atoms with van der Waals surface area (Å²) in [4.78, 5) is 17.8. The molecule has 2 fully saturated rings. The lowest BCUT2D eigenvalue weighted by Crippen LogP contribution is -2.53. The molecule has 2 heterocycles. The van der Waals surface area contributed by atoms with Gasteiger partial charge < -0.3 is 9.80 Å². The molecular weight excluding hydrogens is 292 g/mol. The third-order valence-electron chi connectivity index (χ3n) is 4.57. The fraction of sp³-hybridized carbons (Fsp3) is 0.923. The number of hydrogen-bond donors (Lipinski definition) is 1. The van der Waals surface area contributed by atoms with Crippen molar-refractivity contribution in [3.8, 4) is 0 Å². The number of sulfonamides is 1. The van der Waals surface area contributed by atoms with Gasteiger partial charge in [-0.2, -0.15) is 0 Å². The lowest BCUT2D eigenvalue weighted by atomic mass is 10.0. The van der Waals surface area contributed by atoms with Gasteiger partial charge in [0.1, 0.15) is 0 Å². The Hall–Kier alpha value is -0.700. The Balaban J connectivity index is 1.83. The largest absolute Gasteiger partial charge is 0.340 e. The van der Waals surface area contributed by atoms with Gasteiger partial charge in [0.2, 0.25) is 15.9 Å². The van der Waals surface area contributed by atoms with E-state index in [-0.39, 0.29) is 11.7 Å². The molecule has 2 saturated heterocycles. The van der Waals surface area contributed by atoms with Crippen molar-refractivity contribution in [1.29, 1.82) is 0 Å². The lowest BCUT2D eigenvalue weighted by molar-refractivity contribution is -0.130. The summed E-state index contributed by atoms with van der Waals surface area (Å²) in [5.41, 5.74) is 0. The molecule has 2 N–H and O–H groups in total. The molecular formula is C13H26N4O3S. The Morgan fingerprint density at radius 1 is 1.19 bits per heavy atom. The molecule has 21 heavy (non-hydrogen) atoms. The number of primary sulfonamides is 1. The molecule has 0 saturated carbocycles. The second kappa shape index (κ2) is 6.60. The van der Waals surface area contributed by atoms with Crippen molar-refractivity contribution in [1.82, 2.24) is 14.7 Å². The van der Waals surface area contributed by atoms with Crippen molar-refractivity contribution in [3.05, 3.63) is 0 Å². The Bertz CT molecular complexity index is 474. The van der Waals surface area contributed by atoms with Crippen LogP contribution in [0.15, 0.2) is 0 Å². The molecule has 2 aliphatic rings. The van der Waals surface area contributed by atoms with E-state index in [4.69, 9.17) is 5.14 Å². The van der Waals surface area contributed by atoms with E-state index in [1.165, 1.54) is 0 Å². The van der Waals surface area contributed by atoms with Crippen molar-refractivity contribution in [2.45, 2.75) is 19.9 Å². The highest BCUT2D eigenvalue weighted by Crippen LogP contribution is 2.22. The Morgan fingerprint density at radius 2 is 1.81 bits per heavy atom. The van der Waals surface area contributed by atoms with Crippen LogP contribution in [0.3, 0.4) is 0 Å². The molecule has 2 atom stereocenters. The molecule has 0 radical (unpaired) electrons. The molecule has 0 aliphatic carbocycles. The summed E-state index contributed by atoms with van der Waals surface area (Å²) >= 11 is 0. The Kier molecular flexibility index (Phi) is 5.24. The van der Waals surface area contributed by atoms with E-state index < -0.39 is 10.0 Å². The van der Waals surface area contributed by atoms with Gasteiger partial charge in [0.15, 0.2) is 0 Å². The first-order valence-corrected chi connectivity index (χ1v) is 9.20. The van der Waals surface area contributed by atoms with Gasteiger partial charge in [-0.05, 0) is 5.92 Å². The molecule has 122 valence electrons. The average molecular weight is 318 g/mol. The summed E-state index contributed by atoms with van der Waals surface area (Å²) in [5, 5.41) is 5.07. The number of nitrogens with zero attached hydrogens (tertiary/aromatic N) is 3. The fourth-order valence-electron chi connectivity index (χ4n) is 3.33. The highest BCUT2D eigenvalue weighted by Gasteiger charge is 2.35. The number of likely N-dealkylation sites (tertiary alicyclic amines) is 1. The van der Waals surface area contributed by atoms with E-state index in [1.807, 2.05) is 4.90 Å². The number of carbonyl (C=O) groups excluding carboxylic acids is 1. The zero-order valence-corrected chi connectivity index (χ0v) is 13.7. The van der Waals surface area contributed by atoms with Crippen molar-refractivity contribution < 1.29 is 13.2 Å². The van der Waals surface area contributed by atoms with Gasteiger partial charge in [-0.1, -0.05) is 6.92 Å². The molecule has 0 aromatic heterocycles. The summed E-state index contributed by atoms with van der Waals surface area (Å²) in [7, 11) is -3.39. The number of carbonyl (C=O) groups is 1. The lowest BCUT2D eigenvalue weighted by Gasteiger charge is -2.39. The third-order valence-corrected chi connectivity index (χ3v) is 5.32. The van der Waals surface area contributed by atoms with E-state index in [0.29, 0.717) is 18.5 Å². The highest BCUT2D eigenvalue weighted by molar-refractivity contribution is 7.89. The Labute approximate surface area is 127 Å². The van der Waals surface area contributed by atoms with E-state index >= 15 is 0 Å². The maximum absolute atomic E-state index is 11.4. The summed E-state index contributed by atoms with van der Waals surface area (Å²) in [6.07, 6.45) is 0. The second-order valence-electron chi connectivity index (χ2n) is 6.21. The summed E-state index contributed by atoms with van der Waals surface area (Å²) < 4.78 is 22.1. The first kappa shape index (κ1) is 16.7. The number of rotatable bonds is 4. The molecule has 0 aromatic carbocycles. The van der Waals surface area contributed by atoms with E-state index in [2.05, 4.69) is 16.7 Å². The minimum absolute atomic E-state index is 0.0184. The van der Waals surface area contributed by atoms with Crippen LogP contribution >= 0.6 is 0 Å². The monoisotopic (exact) mass is 318 g/mol. The SMILES string of the molecule is CC(=O)N1CCN([C@H]2CN(CCS(N)(=O)=O)C[C@H]2C)CC1. The van der Waals surface area contributed by atoms with Crippen molar-refractivity contribution in [3.63, 3.8) is 0 Å². The number of hydrogen-bond acceptors (Lipinski definition) is 5. The van der Waals surface area contributed by atoms with Gasteiger partial charge in [-0.25, -0.2) is 13.6 Å².